The van der Waals surface area contributed by atoms with E-state index in [1.54, 1.807) is 0 Å². The molecule has 94 valence electrons. The molecule has 0 unspecified atom stereocenters. The van der Waals surface area contributed by atoms with Gasteiger partial charge in [0.1, 0.15) is 11.6 Å². The molecule has 1 aromatic heterocycles. The monoisotopic (exact) mass is 297 g/mol. The highest BCUT2D eigenvalue weighted by atomic mass is 79.9. The van der Waals surface area contributed by atoms with Crippen molar-refractivity contribution >= 4 is 21.7 Å². The zero-order valence-electron chi connectivity index (χ0n) is 10.8. The van der Waals surface area contributed by atoms with E-state index in [4.69, 9.17) is 4.98 Å². The minimum absolute atomic E-state index is 0.420. The van der Waals surface area contributed by atoms with Crippen LogP contribution in [0.1, 0.15) is 63.4 Å². The molecular formula is C13H20BrN3. The van der Waals surface area contributed by atoms with Gasteiger partial charge in [0.2, 0.25) is 0 Å². The molecule has 1 saturated carbocycles. The molecule has 4 heteroatoms. The van der Waals surface area contributed by atoms with Gasteiger partial charge in [0.15, 0.2) is 0 Å². The summed E-state index contributed by atoms with van der Waals surface area (Å²) in [7, 11) is 0. The summed E-state index contributed by atoms with van der Waals surface area (Å²) in [6.07, 6.45) is 3.80. The average molecular weight is 298 g/mol. The van der Waals surface area contributed by atoms with Gasteiger partial charge in [0.05, 0.1) is 10.2 Å². The zero-order chi connectivity index (χ0) is 12.4. The van der Waals surface area contributed by atoms with E-state index >= 15 is 0 Å². The van der Waals surface area contributed by atoms with Crippen LogP contribution in [0.3, 0.4) is 0 Å². The zero-order valence-corrected chi connectivity index (χ0v) is 12.3. The molecule has 3 nitrogen and oxygen atoms in total. The van der Waals surface area contributed by atoms with E-state index in [0.29, 0.717) is 11.8 Å². The summed E-state index contributed by atoms with van der Waals surface area (Å²) in [6, 6.07) is 0. The lowest BCUT2D eigenvalue weighted by molar-refractivity contribution is 0.400. The Balaban J connectivity index is 2.39. The van der Waals surface area contributed by atoms with Crippen molar-refractivity contribution < 1.29 is 0 Å². The molecule has 0 atom stereocenters. The van der Waals surface area contributed by atoms with E-state index in [2.05, 4.69) is 47.0 Å². The Bertz CT molecular complexity index is 400. The van der Waals surface area contributed by atoms with Gasteiger partial charge in [-0.3, -0.25) is 0 Å². The predicted molar refractivity (Wildman–Crippen MR) is 74.6 cm³/mol. The normalized spacial score (nSPS) is 16.1. The minimum atomic E-state index is 0.420. The van der Waals surface area contributed by atoms with Gasteiger partial charge in [-0.05, 0) is 41.6 Å². The van der Waals surface area contributed by atoms with Crippen LogP contribution in [0.4, 0.5) is 5.82 Å². The lowest BCUT2D eigenvalue weighted by Crippen LogP contribution is -2.16. The summed E-state index contributed by atoms with van der Waals surface area (Å²) >= 11 is 3.62. The molecule has 0 bridgehead atoms. The van der Waals surface area contributed by atoms with Crippen molar-refractivity contribution in [2.75, 3.05) is 11.9 Å². The average Bonchev–Trinajstić information content (AvgIpc) is 2.19. The van der Waals surface area contributed by atoms with Crippen LogP contribution in [0, 0.1) is 0 Å². The topological polar surface area (TPSA) is 37.8 Å². The Morgan fingerprint density at radius 3 is 2.53 bits per heavy atom. The predicted octanol–water partition coefficient (Wildman–Crippen LogP) is 4.06. The minimum Gasteiger partial charge on any atom is -0.369 e. The van der Waals surface area contributed by atoms with Gasteiger partial charge in [-0.15, -0.1) is 0 Å². The first-order valence-corrected chi connectivity index (χ1v) is 7.24. The maximum Gasteiger partial charge on any atom is 0.144 e. The summed E-state index contributed by atoms with van der Waals surface area (Å²) in [5.41, 5.74) is 1.12. The number of nitrogens with one attached hydrogen (secondary N) is 1. The molecule has 1 aliphatic carbocycles. The number of halogens is 1. The maximum absolute atomic E-state index is 4.74. The molecule has 1 aliphatic rings. The van der Waals surface area contributed by atoms with Gasteiger partial charge in [-0.2, -0.15) is 0 Å². The fraction of sp³-hybridized carbons (Fsp3) is 0.692. The quantitative estimate of drug-likeness (QED) is 0.910. The molecule has 1 heterocycles. The van der Waals surface area contributed by atoms with Crippen LogP contribution < -0.4 is 5.32 Å². The van der Waals surface area contributed by atoms with Crippen molar-refractivity contribution in [3.05, 3.63) is 16.0 Å². The highest BCUT2D eigenvalue weighted by molar-refractivity contribution is 9.10. The Labute approximate surface area is 112 Å². The van der Waals surface area contributed by atoms with Crippen molar-refractivity contribution in [2.45, 2.75) is 51.9 Å². The molecule has 0 spiro atoms. The first-order valence-electron chi connectivity index (χ1n) is 6.44. The van der Waals surface area contributed by atoms with Gasteiger partial charge in [-0.25, -0.2) is 9.97 Å². The molecule has 0 saturated heterocycles. The fourth-order valence-electron chi connectivity index (χ4n) is 2.00. The highest BCUT2D eigenvalue weighted by Crippen LogP contribution is 2.37. The van der Waals surface area contributed by atoms with Crippen LogP contribution in [0.25, 0.3) is 0 Å². The maximum atomic E-state index is 4.74. The van der Waals surface area contributed by atoms with Crippen LogP contribution >= 0.6 is 15.9 Å². The summed E-state index contributed by atoms with van der Waals surface area (Å²) in [5, 5.41) is 3.32. The molecule has 0 aliphatic heterocycles. The second-order valence-electron chi connectivity index (χ2n) is 4.94. The van der Waals surface area contributed by atoms with E-state index < -0.39 is 0 Å². The van der Waals surface area contributed by atoms with Crippen molar-refractivity contribution in [1.82, 2.24) is 9.97 Å². The number of hydrogen-bond acceptors (Lipinski definition) is 3. The standard InChI is InChI=1S/C13H20BrN3/c1-4-15-13-10(14)11(8(2)3)16-12(17-13)9-6-5-7-9/h8-9H,4-7H2,1-3H3,(H,15,16,17). The highest BCUT2D eigenvalue weighted by Gasteiger charge is 2.25. The van der Waals surface area contributed by atoms with E-state index in [9.17, 15) is 0 Å². The third-order valence-electron chi connectivity index (χ3n) is 3.26. The molecule has 0 aromatic carbocycles. The SMILES string of the molecule is CCNc1nc(C2CCC2)nc(C(C)C)c1Br. The third-order valence-corrected chi connectivity index (χ3v) is 4.04. The fourth-order valence-corrected chi connectivity index (χ4v) is 2.77. The van der Waals surface area contributed by atoms with Crippen LogP contribution in [-0.2, 0) is 0 Å². The third kappa shape index (κ3) is 2.62. The van der Waals surface area contributed by atoms with E-state index in [0.717, 1.165) is 28.4 Å². The molecule has 0 amide bonds. The van der Waals surface area contributed by atoms with Gasteiger partial charge in [0, 0.05) is 12.5 Å². The number of hydrogen-bond donors (Lipinski definition) is 1. The lowest BCUT2D eigenvalue weighted by atomic mass is 9.84. The molecule has 2 rings (SSSR count). The number of rotatable bonds is 4. The summed E-state index contributed by atoms with van der Waals surface area (Å²) < 4.78 is 1.03. The largest absolute Gasteiger partial charge is 0.369 e. The molecule has 17 heavy (non-hydrogen) atoms. The Kier molecular flexibility index (Phi) is 4.02. The van der Waals surface area contributed by atoms with Crippen molar-refractivity contribution in [2.24, 2.45) is 0 Å². The van der Waals surface area contributed by atoms with Crippen LogP contribution in [0.15, 0.2) is 4.47 Å². The van der Waals surface area contributed by atoms with E-state index in [-0.39, 0.29) is 0 Å². The van der Waals surface area contributed by atoms with Crippen molar-refractivity contribution in [3.63, 3.8) is 0 Å². The van der Waals surface area contributed by atoms with Crippen molar-refractivity contribution in [1.29, 1.82) is 0 Å². The summed E-state index contributed by atoms with van der Waals surface area (Å²) in [4.78, 5) is 9.40. The Morgan fingerprint density at radius 1 is 1.35 bits per heavy atom. The lowest BCUT2D eigenvalue weighted by Gasteiger charge is -2.25. The Hall–Kier alpha value is -0.640. The molecule has 1 aromatic rings. The molecular weight excluding hydrogens is 278 g/mol. The second-order valence-corrected chi connectivity index (χ2v) is 5.74. The van der Waals surface area contributed by atoms with E-state index in [1.165, 1.54) is 19.3 Å². The van der Waals surface area contributed by atoms with Crippen molar-refractivity contribution in [3.8, 4) is 0 Å². The number of aromatic nitrogens is 2. The smallest absolute Gasteiger partial charge is 0.144 e. The molecule has 0 radical (unpaired) electrons. The van der Waals surface area contributed by atoms with Gasteiger partial charge < -0.3 is 5.32 Å². The molecule has 1 fully saturated rings. The van der Waals surface area contributed by atoms with E-state index in [1.807, 2.05) is 0 Å². The van der Waals surface area contributed by atoms with Gasteiger partial charge in [-0.1, -0.05) is 20.3 Å². The first kappa shape index (κ1) is 12.8. The Morgan fingerprint density at radius 2 is 2.06 bits per heavy atom. The summed E-state index contributed by atoms with van der Waals surface area (Å²) in [5.74, 6) is 2.98. The van der Waals surface area contributed by atoms with Crippen LogP contribution in [-0.4, -0.2) is 16.5 Å². The van der Waals surface area contributed by atoms with Gasteiger partial charge in [0.25, 0.3) is 0 Å². The van der Waals surface area contributed by atoms with Gasteiger partial charge >= 0.3 is 0 Å². The summed E-state index contributed by atoms with van der Waals surface area (Å²) in [6.45, 7) is 7.32. The number of anilines is 1. The van der Waals surface area contributed by atoms with Crippen LogP contribution in [0.2, 0.25) is 0 Å². The molecule has 1 N–H and O–H groups in total. The first-order chi connectivity index (χ1) is 8.13. The second kappa shape index (κ2) is 5.34. The van der Waals surface area contributed by atoms with Crippen LogP contribution in [0.5, 0.6) is 0 Å². The number of nitrogens with zero attached hydrogens (tertiary/aromatic N) is 2.